The molecule has 0 radical (unpaired) electrons. The van der Waals surface area contributed by atoms with Crippen LogP contribution in [-0.4, -0.2) is 50.4 Å². The van der Waals surface area contributed by atoms with Crippen LogP contribution in [0.3, 0.4) is 0 Å². The van der Waals surface area contributed by atoms with E-state index in [9.17, 15) is 22.4 Å². The zero-order valence-electron chi connectivity index (χ0n) is 22.0. The maximum atomic E-state index is 14.8. The summed E-state index contributed by atoms with van der Waals surface area (Å²) in [5.41, 5.74) is -0.547. The van der Waals surface area contributed by atoms with Crippen molar-refractivity contribution in [3.63, 3.8) is 0 Å². The molecule has 1 fully saturated rings. The Labute approximate surface area is 222 Å². The molecule has 1 N–H and O–H groups in total. The highest BCUT2D eigenvalue weighted by atomic mass is 19.4. The fourth-order valence-electron chi connectivity index (χ4n) is 4.10. The van der Waals surface area contributed by atoms with Gasteiger partial charge in [-0.05, 0) is 52.3 Å². The lowest BCUT2D eigenvalue weighted by Gasteiger charge is -2.31. The lowest BCUT2D eigenvalue weighted by molar-refractivity contribution is -0.137. The van der Waals surface area contributed by atoms with Crippen molar-refractivity contribution < 1.29 is 31.8 Å². The van der Waals surface area contributed by atoms with Crippen LogP contribution in [0.1, 0.15) is 52.0 Å². The van der Waals surface area contributed by atoms with E-state index < -0.39 is 47.4 Å². The van der Waals surface area contributed by atoms with E-state index >= 15 is 0 Å². The molecule has 0 saturated carbocycles. The first-order valence-electron chi connectivity index (χ1n) is 12.2. The van der Waals surface area contributed by atoms with Crippen molar-refractivity contribution in [1.29, 1.82) is 0 Å². The van der Waals surface area contributed by atoms with E-state index in [4.69, 9.17) is 9.47 Å². The van der Waals surface area contributed by atoms with Crippen molar-refractivity contribution in [1.82, 2.24) is 19.9 Å². The lowest BCUT2D eigenvalue weighted by Crippen LogP contribution is -2.45. The molecule has 3 aromatic rings. The molecule has 1 amide bonds. The highest BCUT2D eigenvalue weighted by Crippen LogP contribution is 2.32. The SMILES string of the molecule is CC(Nc1ncc(F)c(N2C(=O)OC[C@@H]2[C@@H](C)OC(C)(C)C)n1)c1ncc(-c2cccc(C(F)(F)F)c2)cn1. The number of anilines is 2. The van der Waals surface area contributed by atoms with Crippen LogP contribution < -0.4 is 10.2 Å². The number of carbonyl (C=O) groups is 1. The van der Waals surface area contributed by atoms with E-state index in [-0.39, 0.29) is 18.4 Å². The third-order valence-corrected chi connectivity index (χ3v) is 5.87. The Hall–Kier alpha value is -3.87. The molecular weight excluding hydrogens is 520 g/mol. The minimum atomic E-state index is -4.47. The summed E-state index contributed by atoms with van der Waals surface area (Å²) in [6, 6.07) is 3.69. The first-order chi connectivity index (χ1) is 18.2. The van der Waals surface area contributed by atoms with Crippen molar-refractivity contribution in [3.8, 4) is 11.1 Å². The molecule has 4 rings (SSSR count). The molecule has 1 unspecified atom stereocenters. The van der Waals surface area contributed by atoms with Crippen molar-refractivity contribution in [3.05, 3.63) is 60.1 Å². The van der Waals surface area contributed by atoms with Crippen molar-refractivity contribution in [2.45, 2.75) is 64.6 Å². The molecule has 13 heteroatoms. The Balaban J connectivity index is 1.52. The number of aromatic nitrogens is 4. The van der Waals surface area contributed by atoms with Gasteiger partial charge in [0.25, 0.3) is 0 Å². The predicted molar refractivity (Wildman–Crippen MR) is 134 cm³/mol. The first-order valence-corrected chi connectivity index (χ1v) is 12.2. The minimum Gasteiger partial charge on any atom is -0.447 e. The third-order valence-electron chi connectivity index (χ3n) is 5.87. The van der Waals surface area contributed by atoms with E-state index in [1.54, 1.807) is 13.8 Å². The van der Waals surface area contributed by atoms with Crippen molar-refractivity contribution >= 4 is 17.9 Å². The molecule has 208 valence electrons. The van der Waals surface area contributed by atoms with Gasteiger partial charge in [0.15, 0.2) is 11.6 Å². The van der Waals surface area contributed by atoms with Crippen LogP contribution in [0.2, 0.25) is 0 Å². The summed E-state index contributed by atoms with van der Waals surface area (Å²) >= 11 is 0. The van der Waals surface area contributed by atoms with Crippen LogP contribution in [0.15, 0.2) is 42.9 Å². The van der Waals surface area contributed by atoms with Gasteiger partial charge in [-0.2, -0.15) is 18.2 Å². The predicted octanol–water partition coefficient (Wildman–Crippen LogP) is 5.79. The summed E-state index contributed by atoms with van der Waals surface area (Å²) in [6.07, 6.45) is -1.94. The van der Waals surface area contributed by atoms with Gasteiger partial charge in [0.1, 0.15) is 18.5 Å². The number of hydrogen-bond donors (Lipinski definition) is 1. The second-order valence-corrected chi connectivity index (χ2v) is 10.1. The number of ether oxygens (including phenoxy) is 2. The number of nitrogens with one attached hydrogen (secondary N) is 1. The van der Waals surface area contributed by atoms with E-state index in [2.05, 4.69) is 25.3 Å². The average Bonchev–Trinajstić information content (AvgIpc) is 3.25. The van der Waals surface area contributed by atoms with Gasteiger partial charge in [-0.3, -0.25) is 0 Å². The van der Waals surface area contributed by atoms with Gasteiger partial charge in [-0.25, -0.2) is 29.0 Å². The second-order valence-electron chi connectivity index (χ2n) is 10.1. The van der Waals surface area contributed by atoms with Crippen LogP contribution in [0.5, 0.6) is 0 Å². The Morgan fingerprint density at radius 3 is 2.41 bits per heavy atom. The van der Waals surface area contributed by atoms with Gasteiger partial charge >= 0.3 is 12.3 Å². The fourth-order valence-corrected chi connectivity index (χ4v) is 4.10. The molecule has 1 aromatic carbocycles. The maximum Gasteiger partial charge on any atom is 0.416 e. The van der Waals surface area contributed by atoms with Gasteiger partial charge < -0.3 is 14.8 Å². The average molecular weight is 549 g/mol. The first kappa shape index (κ1) is 28.1. The monoisotopic (exact) mass is 548 g/mol. The number of hydrogen-bond acceptors (Lipinski definition) is 8. The van der Waals surface area contributed by atoms with Gasteiger partial charge in [-0.1, -0.05) is 12.1 Å². The zero-order valence-corrected chi connectivity index (χ0v) is 22.0. The van der Waals surface area contributed by atoms with Crippen LogP contribution in [0.25, 0.3) is 11.1 Å². The van der Waals surface area contributed by atoms with Crippen LogP contribution in [-0.2, 0) is 15.7 Å². The quantitative estimate of drug-likeness (QED) is 0.370. The standard InChI is InChI=1S/C26H28F4N6O3/c1-14(21-31-10-17(11-32-21)16-7-6-8-18(9-16)26(28,29)30)34-23-33-12-19(27)22(35-23)36-20(13-38-24(36)37)15(2)39-25(3,4)5/h6-12,14-15,20H,13H2,1-5H3,(H,33,34,35)/t14?,15-,20-/m1/s1. The fraction of sp³-hybridized carbons (Fsp3) is 0.423. The maximum absolute atomic E-state index is 14.8. The summed E-state index contributed by atoms with van der Waals surface area (Å²) in [5.74, 6) is -0.780. The summed E-state index contributed by atoms with van der Waals surface area (Å²) < 4.78 is 65.1. The number of rotatable bonds is 7. The molecule has 0 bridgehead atoms. The molecule has 39 heavy (non-hydrogen) atoms. The Kier molecular flexibility index (Phi) is 7.73. The van der Waals surface area contributed by atoms with Crippen LogP contribution in [0.4, 0.5) is 34.1 Å². The molecule has 9 nitrogen and oxygen atoms in total. The molecule has 1 aliphatic heterocycles. The molecular formula is C26H28F4N6O3. The molecule has 0 aliphatic carbocycles. The van der Waals surface area contributed by atoms with Gasteiger partial charge in [0, 0.05) is 18.0 Å². The molecule has 2 aromatic heterocycles. The number of cyclic esters (lactones) is 1. The summed E-state index contributed by atoms with van der Waals surface area (Å²) in [7, 11) is 0. The lowest BCUT2D eigenvalue weighted by atomic mass is 10.1. The normalized spacial score (nSPS) is 17.6. The Morgan fingerprint density at radius 1 is 1.08 bits per heavy atom. The highest BCUT2D eigenvalue weighted by molar-refractivity contribution is 5.89. The zero-order chi connectivity index (χ0) is 28.5. The second kappa shape index (κ2) is 10.7. The summed E-state index contributed by atoms with van der Waals surface area (Å²) in [5, 5.41) is 2.96. The van der Waals surface area contributed by atoms with E-state index in [0.29, 0.717) is 17.0 Å². The smallest absolute Gasteiger partial charge is 0.416 e. The van der Waals surface area contributed by atoms with E-state index in [1.807, 2.05) is 20.8 Å². The van der Waals surface area contributed by atoms with Crippen LogP contribution in [0, 0.1) is 5.82 Å². The molecule has 3 atom stereocenters. The van der Waals surface area contributed by atoms with Gasteiger partial charge in [-0.15, -0.1) is 0 Å². The van der Waals surface area contributed by atoms with Crippen LogP contribution >= 0.6 is 0 Å². The number of nitrogens with zero attached hydrogens (tertiary/aromatic N) is 5. The van der Waals surface area contributed by atoms with E-state index in [0.717, 1.165) is 23.2 Å². The summed E-state index contributed by atoms with van der Waals surface area (Å²) in [4.78, 5) is 30.3. The number of carbonyl (C=O) groups excluding carboxylic acids is 1. The number of amides is 1. The summed E-state index contributed by atoms with van der Waals surface area (Å²) in [6.45, 7) is 9.09. The largest absolute Gasteiger partial charge is 0.447 e. The molecule has 3 heterocycles. The van der Waals surface area contributed by atoms with Gasteiger partial charge in [0.05, 0.1) is 29.5 Å². The number of halogens is 4. The third kappa shape index (κ3) is 6.59. The van der Waals surface area contributed by atoms with Gasteiger partial charge in [0.2, 0.25) is 5.95 Å². The molecule has 0 spiro atoms. The van der Waals surface area contributed by atoms with Crippen molar-refractivity contribution in [2.75, 3.05) is 16.8 Å². The Morgan fingerprint density at radius 2 is 1.77 bits per heavy atom. The molecule has 1 saturated heterocycles. The molecule has 1 aliphatic rings. The highest BCUT2D eigenvalue weighted by Gasteiger charge is 2.42. The topological polar surface area (TPSA) is 102 Å². The number of benzene rings is 1. The van der Waals surface area contributed by atoms with E-state index in [1.165, 1.54) is 24.5 Å². The van der Waals surface area contributed by atoms with Crippen molar-refractivity contribution in [2.24, 2.45) is 0 Å². The Bertz CT molecular complexity index is 1330. The number of alkyl halides is 3. The minimum absolute atomic E-state index is 0.00472.